The molecule has 162 valence electrons. The summed E-state index contributed by atoms with van der Waals surface area (Å²) in [4.78, 5) is 24.1. The number of rotatable bonds is 7. The van der Waals surface area contributed by atoms with E-state index in [9.17, 15) is 9.59 Å². The lowest BCUT2D eigenvalue weighted by molar-refractivity contribution is -0.143. The Labute approximate surface area is 171 Å². The van der Waals surface area contributed by atoms with Gasteiger partial charge in [0.2, 0.25) is 0 Å². The van der Waals surface area contributed by atoms with Crippen LogP contribution in [0.1, 0.15) is 40.2 Å². The number of carbonyl (C=O) groups is 2. The summed E-state index contributed by atoms with van der Waals surface area (Å²) in [6, 6.07) is 6.42. The number of nitrogens with one attached hydrogen (secondary N) is 1. The van der Waals surface area contributed by atoms with E-state index in [1.54, 1.807) is 32.9 Å². The number of methoxy groups -OCH3 is 1. The fourth-order valence-electron chi connectivity index (χ4n) is 2.78. The lowest BCUT2D eigenvalue weighted by atomic mass is 10.1. The molecule has 8 heteroatoms. The maximum Gasteiger partial charge on any atom is 0.408 e. The Morgan fingerprint density at radius 3 is 2.41 bits per heavy atom. The second-order valence-electron chi connectivity index (χ2n) is 8.33. The van der Waals surface area contributed by atoms with Gasteiger partial charge < -0.3 is 29.0 Å². The van der Waals surface area contributed by atoms with Crippen LogP contribution in [0.4, 0.5) is 4.79 Å². The summed E-state index contributed by atoms with van der Waals surface area (Å²) in [5.41, 5.74) is 0.179. The number of amides is 1. The smallest absolute Gasteiger partial charge is 0.408 e. The number of alkyl carbamates (subject to hydrolysis) is 1. The van der Waals surface area contributed by atoms with Crippen LogP contribution in [-0.4, -0.2) is 55.9 Å². The number of hydrogen-bond acceptors (Lipinski definition) is 7. The molecule has 0 aromatic heterocycles. The van der Waals surface area contributed by atoms with Gasteiger partial charge in [0.05, 0.1) is 13.7 Å². The molecule has 1 aromatic carbocycles. The number of ether oxygens (including phenoxy) is 5. The van der Waals surface area contributed by atoms with Crippen LogP contribution in [0.5, 0.6) is 5.75 Å². The largest absolute Gasteiger partial charge is 0.491 e. The zero-order chi connectivity index (χ0) is 21.7. The Balaban J connectivity index is 1.90. The monoisotopic (exact) mass is 409 g/mol. The van der Waals surface area contributed by atoms with E-state index in [0.29, 0.717) is 19.0 Å². The minimum atomic E-state index is -0.854. The van der Waals surface area contributed by atoms with Crippen molar-refractivity contribution in [2.24, 2.45) is 0 Å². The average molecular weight is 409 g/mol. The average Bonchev–Trinajstić information content (AvgIpc) is 2.97. The van der Waals surface area contributed by atoms with E-state index in [1.165, 1.54) is 7.11 Å². The van der Waals surface area contributed by atoms with Crippen molar-refractivity contribution in [3.8, 4) is 5.75 Å². The Kier molecular flexibility index (Phi) is 7.48. The van der Waals surface area contributed by atoms with Crippen molar-refractivity contribution in [2.75, 3.05) is 20.3 Å². The first kappa shape index (κ1) is 23.0. The molecule has 29 heavy (non-hydrogen) atoms. The van der Waals surface area contributed by atoms with Crippen LogP contribution in [0.15, 0.2) is 24.3 Å². The predicted octanol–water partition coefficient (Wildman–Crippen LogP) is 2.83. The highest BCUT2D eigenvalue weighted by Crippen LogP contribution is 2.23. The van der Waals surface area contributed by atoms with Gasteiger partial charge in [0.25, 0.3) is 0 Å². The van der Waals surface area contributed by atoms with Crippen molar-refractivity contribution in [1.82, 2.24) is 5.32 Å². The molecule has 1 fully saturated rings. The first-order chi connectivity index (χ1) is 13.5. The summed E-state index contributed by atoms with van der Waals surface area (Å²) in [7, 11) is 1.28. The van der Waals surface area contributed by atoms with Crippen LogP contribution in [0, 0.1) is 0 Å². The van der Waals surface area contributed by atoms with E-state index in [-0.39, 0.29) is 12.5 Å². The molecule has 2 atom stereocenters. The maximum atomic E-state index is 12.0. The summed E-state index contributed by atoms with van der Waals surface area (Å²) < 4.78 is 27.0. The molecular formula is C21H31NO7. The molecule has 1 saturated heterocycles. The summed E-state index contributed by atoms with van der Waals surface area (Å²) in [5.74, 6) is -0.448. The molecule has 2 unspecified atom stereocenters. The number of carbonyl (C=O) groups excluding carboxylic acids is 2. The van der Waals surface area contributed by atoms with Crippen LogP contribution >= 0.6 is 0 Å². The molecule has 1 amide bonds. The molecule has 0 radical (unpaired) electrons. The van der Waals surface area contributed by atoms with Gasteiger partial charge in [-0.2, -0.15) is 0 Å². The molecule has 1 N–H and O–H groups in total. The van der Waals surface area contributed by atoms with Gasteiger partial charge in [0.15, 0.2) is 5.79 Å². The first-order valence-corrected chi connectivity index (χ1v) is 9.58. The lowest BCUT2D eigenvalue weighted by Gasteiger charge is -2.22. The Morgan fingerprint density at radius 1 is 1.24 bits per heavy atom. The highest BCUT2D eigenvalue weighted by Gasteiger charge is 2.33. The summed E-state index contributed by atoms with van der Waals surface area (Å²) >= 11 is 0. The van der Waals surface area contributed by atoms with Crippen LogP contribution < -0.4 is 10.1 Å². The molecule has 0 saturated carbocycles. The second kappa shape index (κ2) is 9.45. The van der Waals surface area contributed by atoms with Gasteiger partial charge in [0.1, 0.15) is 30.1 Å². The molecule has 1 aromatic rings. The standard InChI is InChI=1S/C21H31NO7/c1-20(2,3)29-19(24)22-17(18(23)25-6)11-14-7-9-15(10-8-14)26-12-16-13-27-21(4,5)28-16/h7-10,16-17H,11-13H2,1-6H3,(H,22,24). The highest BCUT2D eigenvalue weighted by atomic mass is 16.7. The quantitative estimate of drug-likeness (QED) is 0.692. The van der Waals surface area contributed by atoms with E-state index in [1.807, 2.05) is 26.0 Å². The van der Waals surface area contributed by atoms with Crippen molar-refractivity contribution >= 4 is 12.1 Å². The van der Waals surface area contributed by atoms with Crippen molar-refractivity contribution in [1.29, 1.82) is 0 Å². The van der Waals surface area contributed by atoms with Gasteiger partial charge in [-0.15, -0.1) is 0 Å². The highest BCUT2D eigenvalue weighted by molar-refractivity contribution is 5.81. The second-order valence-corrected chi connectivity index (χ2v) is 8.33. The van der Waals surface area contributed by atoms with Crippen LogP contribution in [0.3, 0.4) is 0 Å². The Hall–Kier alpha value is -2.32. The van der Waals surface area contributed by atoms with Gasteiger partial charge in [-0.3, -0.25) is 0 Å². The Bertz CT molecular complexity index is 694. The third kappa shape index (κ3) is 7.91. The van der Waals surface area contributed by atoms with Crippen molar-refractivity contribution in [3.05, 3.63) is 29.8 Å². The predicted molar refractivity (Wildman–Crippen MR) is 106 cm³/mol. The zero-order valence-corrected chi connectivity index (χ0v) is 17.9. The minimum Gasteiger partial charge on any atom is -0.491 e. The molecular weight excluding hydrogens is 378 g/mol. The molecule has 1 heterocycles. The third-order valence-electron chi connectivity index (χ3n) is 4.04. The van der Waals surface area contributed by atoms with Crippen LogP contribution in [0.25, 0.3) is 0 Å². The third-order valence-corrected chi connectivity index (χ3v) is 4.04. The first-order valence-electron chi connectivity index (χ1n) is 9.58. The van der Waals surface area contributed by atoms with Crippen molar-refractivity contribution < 1.29 is 33.3 Å². The summed E-state index contributed by atoms with van der Waals surface area (Å²) in [5, 5.41) is 2.56. The van der Waals surface area contributed by atoms with E-state index in [2.05, 4.69) is 5.32 Å². The number of benzene rings is 1. The van der Waals surface area contributed by atoms with Gasteiger partial charge in [-0.25, -0.2) is 9.59 Å². The topological polar surface area (TPSA) is 92.3 Å². The van der Waals surface area contributed by atoms with Crippen molar-refractivity contribution in [3.63, 3.8) is 0 Å². The van der Waals surface area contributed by atoms with Gasteiger partial charge in [-0.1, -0.05) is 12.1 Å². The van der Waals surface area contributed by atoms with Gasteiger partial charge in [-0.05, 0) is 52.3 Å². The van der Waals surface area contributed by atoms with E-state index in [4.69, 9.17) is 23.7 Å². The fraction of sp³-hybridized carbons (Fsp3) is 0.619. The minimum absolute atomic E-state index is 0.119. The molecule has 0 aliphatic carbocycles. The van der Waals surface area contributed by atoms with Crippen LogP contribution in [-0.2, 0) is 30.2 Å². The van der Waals surface area contributed by atoms with Crippen LogP contribution in [0.2, 0.25) is 0 Å². The molecule has 1 aliphatic rings. The van der Waals surface area contributed by atoms with E-state index >= 15 is 0 Å². The maximum absolute atomic E-state index is 12.0. The molecule has 2 rings (SSSR count). The molecule has 0 spiro atoms. The molecule has 8 nitrogen and oxygen atoms in total. The normalized spacial score (nSPS) is 19.3. The van der Waals surface area contributed by atoms with Crippen molar-refractivity contribution in [2.45, 2.75) is 64.6 Å². The van der Waals surface area contributed by atoms with E-state index in [0.717, 1.165) is 5.56 Å². The van der Waals surface area contributed by atoms with E-state index < -0.39 is 29.5 Å². The van der Waals surface area contributed by atoms with Gasteiger partial charge >= 0.3 is 12.1 Å². The van der Waals surface area contributed by atoms with Gasteiger partial charge in [0, 0.05) is 6.42 Å². The SMILES string of the molecule is COC(=O)C(Cc1ccc(OCC2COC(C)(C)O2)cc1)NC(=O)OC(C)(C)C. The summed E-state index contributed by atoms with van der Waals surface area (Å²) in [6.07, 6.45) is -0.527. The molecule has 0 bridgehead atoms. The summed E-state index contributed by atoms with van der Waals surface area (Å²) in [6.45, 7) is 9.86. The molecule has 1 aliphatic heterocycles. The lowest BCUT2D eigenvalue weighted by Crippen LogP contribution is -2.45. The fourth-order valence-corrected chi connectivity index (χ4v) is 2.78. The zero-order valence-electron chi connectivity index (χ0n) is 17.9. The number of esters is 1. The Morgan fingerprint density at radius 2 is 1.90 bits per heavy atom. The number of hydrogen-bond donors (Lipinski definition) is 1.